The number of rotatable bonds is 4. The van der Waals surface area contributed by atoms with Gasteiger partial charge < -0.3 is 4.74 Å². The number of carbonyl (C=O) groups is 3. The van der Waals surface area contributed by atoms with Crippen LogP contribution in [0.4, 0.5) is 4.79 Å². The van der Waals surface area contributed by atoms with Crippen LogP contribution >= 0.6 is 0 Å². The molecule has 5 nitrogen and oxygen atoms in total. The van der Waals surface area contributed by atoms with E-state index in [9.17, 15) is 14.4 Å². The topological polar surface area (TPSA) is 63.7 Å². The van der Waals surface area contributed by atoms with Crippen molar-refractivity contribution in [3.05, 3.63) is 35.4 Å². The molecule has 1 heterocycles. The molecule has 0 aliphatic carbocycles. The lowest BCUT2D eigenvalue weighted by molar-refractivity contribution is -0.131. The Balaban J connectivity index is 2.26. The molecule has 0 spiro atoms. The molecule has 1 aliphatic rings. The first-order valence-electron chi connectivity index (χ1n) is 7.43. The van der Waals surface area contributed by atoms with Gasteiger partial charge in [-0.2, -0.15) is 0 Å². The maximum atomic E-state index is 12.7. The molecule has 2 rings (SSSR count). The molecular formula is C17H21NO4. The fourth-order valence-electron chi connectivity index (χ4n) is 2.56. The maximum absolute atomic E-state index is 12.7. The number of hydrogen-bond donors (Lipinski definition) is 0. The van der Waals surface area contributed by atoms with Crippen molar-refractivity contribution in [3.8, 4) is 0 Å². The summed E-state index contributed by atoms with van der Waals surface area (Å²) < 4.78 is 5.02. The number of ketones is 1. The number of imide groups is 1. The Hall–Kier alpha value is -2.17. The highest BCUT2D eigenvalue weighted by molar-refractivity contribution is 5.98. The number of benzene rings is 1. The molecule has 2 atom stereocenters. The highest BCUT2D eigenvalue weighted by Gasteiger charge is 2.41. The van der Waals surface area contributed by atoms with Gasteiger partial charge in [0.1, 0.15) is 6.61 Å². The smallest absolute Gasteiger partial charge is 0.417 e. The summed E-state index contributed by atoms with van der Waals surface area (Å²) in [5.74, 6) is -0.721. The molecule has 0 saturated carbocycles. The quantitative estimate of drug-likeness (QED) is 0.802. The van der Waals surface area contributed by atoms with Gasteiger partial charge in [-0.25, -0.2) is 9.69 Å². The third kappa shape index (κ3) is 3.03. The molecule has 22 heavy (non-hydrogen) atoms. The number of cyclic esters (lactones) is 1. The van der Waals surface area contributed by atoms with E-state index in [1.165, 1.54) is 11.8 Å². The van der Waals surface area contributed by atoms with Crippen LogP contribution in [0.1, 0.15) is 49.5 Å². The van der Waals surface area contributed by atoms with E-state index in [2.05, 4.69) is 0 Å². The lowest BCUT2D eigenvalue weighted by atomic mass is 9.95. The third-order valence-electron chi connectivity index (χ3n) is 4.08. The van der Waals surface area contributed by atoms with Gasteiger partial charge in [-0.3, -0.25) is 9.59 Å². The lowest BCUT2D eigenvalue weighted by Gasteiger charge is -2.25. The van der Waals surface area contributed by atoms with Crippen LogP contribution in [0.15, 0.2) is 24.3 Å². The molecule has 5 heteroatoms. The molecule has 118 valence electrons. The van der Waals surface area contributed by atoms with Crippen LogP contribution in [0.5, 0.6) is 0 Å². The summed E-state index contributed by atoms with van der Waals surface area (Å²) in [6, 6.07) is 6.72. The molecule has 1 unspecified atom stereocenters. The third-order valence-corrected chi connectivity index (χ3v) is 4.08. The minimum Gasteiger partial charge on any atom is -0.447 e. The predicted molar refractivity (Wildman–Crippen MR) is 81.7 cm³/mol. The summed E-state index contributed by atoms with van der Waals surface area (Å²) in [5.41, 5.74) is 1.28. The van der Waals surface area contributed by atoms with Crippen LogP contribution in [0, 0.1) is 5.92 Å². The molecule has 1 aliphatic heterocycles. The van der Waals surface area contributed by atoms with Crippen LogP contribution < -0.4 is 0 Å². The van der Waals surface area contributed by atoms with E-state index < -0.39 is 12.0 Å². The summed E-state index contributed by atoms with van der Waals surface area (Å²) in [6.07, 6.45) is -0.585. The maximum Gasteiger partial charge on any atom is 0.417 e. The first-order chi connectivity index (χ1) is 10.3. The second-order valence-electron chi connectivity index (χ2n) is 6.00. The van der Waals surface area contributed by atoms with E-state index in [-0.39, 0.29) is 30.3 Å². The van der Waals surface area contributed by atoms with Crippen LogP contribution in [0.25, 0.3) is 0 Å². The van der Waals surface area contributed by atoms with Gasteiger partial charge in [-0.1, -0.05) is 32.0 Å². The number of amides is 2. The molecule has 0 aromatic heterocycles. The van der Waals surface area contributed by atoms with Gasteiger partial charge in [0.25, 0.3) is 0 Å². The van der Waals surface area contributed by atoms with Crippen LogP contribution in [-0.4, -0.2) is 35.3 Å². The van der Waals surface area contributed by atoms with Crippen molar-refractivity contribution in [2.45, 2.75) is 39.7 Å². The van der Waals surface area contributed by atoms with E-state index in [1.807, 2.05) is 13.8 Å². The SMILES string of the molecule is CC(=O)c1cccc(C(C)C(=O)N2C(=O)OC[C@H]2C(C)C)c1. The summed E-state index contributed by atoms with van der Waals surface area (Å²) in [5, 5.41) is 0. The summed E-state index contributed by atoms with van der Waals surface area (Å²) in [6.45, 7) is 7.37. The van der Waals surface area contributed by atoms with Crippen LogP contribution in [-0.2, 0) is 9.53 Å². The Morgan fingerprint density at radius 2 is 1.95 bits per heavy atom. The van der Waals surface area contributed by atoms with Gasteiger partial charge in [-0.15, -0.1) is 0 Å². The van der Waals surface area contributed by atoms with Gasteiger partial charge in [0.15, 0.2) is 5.78 Å². The largest absolute Gasteiger partial charge is 0.447 e. The van der Waals surface area contributed by atoms with Crippen molar-refractivity contribution < 1.29 is 19.1 Å². The Labute approximate surface area is 130 Å². The van der Waals surface area contributed by atoms with E-state index in [0.717, 1.165) is 5.56 Å². The standard InChI is InChI=1S/C17H21NO4/c1-10(2)15-9-22-17(21)18(15)16(20)11(3)13-6-5-7-14(8-13)12(4)19/h5-8,10-11,15H,9H2,1-4H3/t11?,15-/m0/s1. The minimum absolute atomic E-state index is 0.0536. The van der Waals surface area contributed by atoms with E-state index in [0.29, 0.717) is 5.56 Å². The molecule has 2 amide bonds. The second kappa shape index (κ2) is 6.30. The minimum atomic E-state index is -0.585. The van der Waals surface area contributed by atoms with Crippen molar-refractivity contribution in [1.82, 2.24) is 4.90 Å². The van der Waals surface area contributed by atoms with Gasteiger partial charge in [0, 0.05) is 5.56 Å². The normalized spacial score (nSPS) is 19.2. The van der Waals surface area contributed by atoms with Crippen molar-refractivity contribution in [1.29, 1.82) is 0 Å². The molecular weight excluding hydrogens is 282 g/mol. The summed E-state index contributed by atoms with van der Waals surface area (Å²) >= 11 is 0. The average Bonchev–Trinajstić information content (AvgIpc) is 2.87. The highest BCUT2D eigenvalue weighted by atomic mass is 16.6. The molecule has 1 aromatic carbocycles. The Bertz CT molecular complexity index is 608. The zero-order chi connectivity index (χ0) is 16.4. The Morgan fingerprint density at radius 3 is 2.55 bits per heavy atom. The van der Waals surface area contributed by atoms with E-state index >= 15 is 0 Å². The monoisotopic (exact) mass is 303 g/mol. The highest BCUT2D eigenvalue weighted by Crippen LogP contribution is 2.26. The van der Waals surface area contributed by atoms with E-state index in [1.54, 1.807) is 31.2 Å². The van der Waals surface area contributed by atoms with Gasteiger partial charge in [-0.05, 0) is 31.4 Å². The number of ether oxygens (including phenoxy) is 1. The zero-order valence-corrected chi connectivity index (χ0v) is 13.3. The lowest BCUT2D eigenvalue weighted by Crippen LogP contribution is -2.43. The van der Waals surface area contributed by atoms with Crippen molar-refractivity contribution in [2.75, 3.05) is 6.61 Å². The summed E-state index contributed by atoms with van der Waals surface area (Å²) in [4.78, 5) is 37.3. The van der Waals surface area contributed by atoms with Crippen molar-refractivity contribution >= 4 is 17.8 Å². The fourth-order valence-corrected chi connectivity index (χ4v) is 2.56. The number of carbonyl (C=O) groups excluding carboxylic acids is 3. The van der Waals surface area contributed by atoms with Gasteiger partial charge in [0.2, 0.25) is 5.91 Å². The number of Topliss-reactive ketones (excluding diaryl/α,β-unsaturated/α-hetero) is 1. The second-order valence-corrected chi connectivity index (χ2v) is 6.00. The molecule has 0 radical (unpaired) electrons. The van der Waals surface area contributed by atoms with Crippen LogP contribution in [0.2, 0.25) is 0 Å². The molecule has 0 bridgehead atoms. The molecule has 0 N–H and O–H groups in total. The first-order valence-corrected chi connectivity index (χ1v) is 7.43. The summed E-state index contributed by atoms with van der Waals surface area (Å²) in [7, 11) is 0. The molecule has 1 aromatic rings. The van der Waals surface area contributed by atoms with E-state index in [4.69, 9.17) is 4.74 Å². The predicted octanol–water partition coefficient (Wildman–Crippen LogP) is 3.00. The van der Waals surface area contributed by atoms with Gasteiger partial charge >= 0.3 is 6.09 Å². The Morgan fingerprint density at radius 1 is 1.27 bits per heavy atom. The Kier molecular flexibility index (Phi) is 4.64. The number of hydrogen-bond acceptors (Lipinski definition) is 4. The van der Waals surface area contributed by atoms with Crippen LogP contribution in [0.3, 0.4) is 0 Å². The zero-order valence-electron chi connectivity index (χ0n) is 13.3. The van der Waals surface area contributed by atoms with Crippen molar-refractivity contribution in [2.24, 2.45) is 5.92 Å². The average molecular weight is 303 g/mol. The fraction of sp³-hybridized carbons (Fsp3) is 0.471. The van der Waals surface area contributed by atoms with Crippen molar-refractivity contribution in [3.63, 3.8) is 0 Å². The molecule has 1 saturated heterocycles. The number of nitrogens with zero attached hydrogens (tertiary/aromatic N) is 1. The molecule has 1 fully saturated rings. The van der Waals surface area contributed by atoms with Gasteiger partial charge in [0.05, 0.1) is 12.0 Å². The first kappa shape index (κ1) is 16.2.